The average Bonchev–Trinajstić information content (AvgIpc) is 2.99. The maximum absolute atomic E-state index is 12.5. The second kappa shape index (κ2) is 8.35. The second-order valence-corrected chi connectivity index (χ2v) is 6.60. The van der Waals surface area contributed by atoms with Crippen molar-refractivity contribution in [3.05, 3.63) is 58.8 Å². The van der Waals surface area contributed by atoms with E-state index in [0.717, 1.165) is 5.39 Å². The molecule has 0 aliphatic carbocycles. The molecule has 0 radical (unpaired) electrons. The molecular formula is C21H20ClNO5. The summed E-state index contributed by atoms with van der Waals surface area (Å²) < 4.78 is 16.4. The first-order valence-electron chi connectivity index (χ1n) is 8.83. The van der Waals surface area contributed by atoms with Crippen LogP contribution in [0, 0.1) is 6.92 Å². The molecule has 7 heteroatoms. The zero-order valence-electron chi connectivity index (χ0n) is 15.7. The third kappa shape index (κ3) is 4.12. The van der Waals surface area contributed by atoms with Crippen molar-refractivity contribution in [2.45, 2.75) is 26.9 Å². The highest BCUT2D eigenvalue weighted by molar-refractivity contribution is 6.31. The number of benzene rings is 2. The second-order valence-electron chi connectivity index (χ2n) is 6.16. The molecule has 0 saturated carbocycles. The summed E-state index contributed by atoms with van der Waals surface area (Å²) in [5.74, 6) is -0.601. The van der Waals surface area contributed by atoms with E-state index in [4.69, 9.17) is 25.5 Å². The van der Waals surface area contributed by atoms with Crippen molar-refractivity contribution in [2.75, 3.05) is 11.9 Å². The molecule has 0 bridgehead atoms. The van der Waals surface area contributed by atoms with Gasteiger partial charge < -0.3 is 19.2 Å². The van der Waals surface area contributed by atoms with Crippen molar-refractivity contribution < 1.29 is 23.5 Å². The van der Waals surface area contributed by atoms with Crippen molar-refractivity contribution in [1.82, 2.24) is 0 Å². The summed E-state index contributed by atoms with van der Waals surface area (Å²) in [5.41, 5.74) is 1.64. The molecule has 0 saturated heterocycles. The minimum absolute atomic E-state index is 0.0478. The standard InChI is InChI=1S/C21H20ClNO5/c1-4-26-18-8-6-5-7-16(18)23-20(24)13(3)27-21(25)19-12(2)15-11-14(22)9-10-17(15)28-19/h5-11,13H,4H2,1-3H3,(H,23,24). The number of nitrogens with one attached hydrogen (secondary N) is 1. The van der Waals surface area contributed by atoms with Gasteiger partial charge in [0.1, 0.15) is 11.3 Å². The highest BCUT2D eigenvalue weighted by Gasteiger charge is 2.24. The Kier molecular flexibility index (Phi) is 5.90. The Labute approximate surface area is 167 Å². The molecule has 3 aromatic rings. The fraction of sp³-hybridized carbons (Fsp3) is 0.238. The maximum atomic E-state index is 12.5. The average molecular weight is 402 g/mol. The number of halogens is 1. The van der Waals surface area contributed by atoms with Crippen LogP contribution < -0.4 is 10.1 Å². The number of esters is 1. The Morgan fingerprint density at radius 3 is 2.71 bits per heavy atom. The molecule has 1 unspecified atom stereocenters. The molecule has 0 aliphatic rings. The van der Waals surface area contributed by atoms with E-state index in [2.05, 4.69) is 5.32 Å². The summed E-state index contributed by atoms with van der Waals surface area (Å²) in [7, 11) is 0. The van der Waals surface area contributed by atoms with Crippen LogP contribution in [-0.4, -0.2) is 24.6 Å². The Bertz CT molecular complexity index is 1030. The maximum Gasteiger partial charge on any atom is 0.375 e. The lowest BCUT2D eigenvalue weighted by atomic mass is 10.1. The Morgan fingerprint density at radius 2 is 1.96 bits per heavy atom. The Balaban J connectivity index is 1.72. The predicted molar refractivity (Wildman–Crippen MR) is 107 cm³/mol. The van der Waals surface area contributed by atoms with Gasteiger partial charge in [0, 0.05) is 16.0 Å². The first kappa shape index (κ1) is 19.8. The van der Waals surface area contributed by atoms with Crippen LogP contribution in [0.5, 0.6) is 5.75 Å². The van der Waals surface area contributed by atoms with Gasteiger partial charge in [0.15, 0.2) is 6.10 Å². The number of furan rings is 1. The van der Waals surface area contributed by atoms with Crippen molar-refractivity contribution in [1.29, 1.82) is 0 Å². The van der Waals surface area contributed by atoms with Crippen LogP contribution in [0.15, 0.2) is 46.9 Å². The number of aryl methyl sites for hydroxylation is 1. The van der Waals surface area contributed by atoms with Crippen LogP contribution in [0.2, 0.25) is 5.02 Å². The smallest absolute Gasteiger partial charge is 0.375 e. The van der Waals surface area contributed by atoms with Crippen molar-refractivity contribution in [2.24, 2.45) is 0 Å². The van der Waals surface area contributed by atoms with Crippen LogP contribution in [0.1, 0.15) is 30.0 Å². The third-order valence-corrected chi connectivity index (χ3v) is 4.42. The Hall–Kier alpha value is -2.99. The number of amides is 1. The number of para-hydroxylation sites is 2. The molecule has 0 spiro atoms. The van der Waals surface area contributed by atoms with E-state index in [9.17, 15) is 9.59 Å². The van der Waals surface area contributed by atoms with Crippen molar-refractivity contribution in [3.63, 3.8) is 0 Å². The van der Waals surface area contributed by atoms with Crippen LogP contribution in [0.4, 0.5) is 5.69 Å². The van der Waals surface area contributed by atoms with Crippen LogP contribution >= 0.6 is 11.6 Å². The summed E-state index contributed by atoms with van der Waals surface area (Å²) in [6.07, 6.45) is -1.03. The topological polar surface area (TPSA) is 77.8 Å². The highest BCUT2D eigenvalue weighted by Crippen LogP contribution is 2.29. The van der Waals surface area contributed by atoms with Crippen LogP contribution in [0.3, 0.4) is 0 Å². The molecule has 2 aromatic carbocycles. The summed E-state index contributed by atoms with van der Waals surface area (Å²) in [5, 5.41) is 3.97. The number of anilines is 1. The molecule has 146 valence electrons. The van der Waals surface area contributed by atoms with Gasteiger partial charge >= 0.3 is 5.97 Å². The molecule has 6 nitrogen and oxygen atoms in total. The van der Waals surface area contributed by atoms with Gasteiger partial charge in [-0.3, -0.25) is 4.79 Å². The zero-order valence-corrected chi connectivity index (χ0v) is 16.5. The van der Waals surface area contributed by atoms with E-state index in [-0.39, 0.29) is 5.76 Å². The normalized spacial score (nSPS) is 11.9. The largest absolute Gasteiger partial charge is 0.492 e. The summed E-state index contributed by atoms with van der Waals surface area (Å²) in [6.45, 7) is 5.55. The molecule has 1 N–H and O–H groups in total. The van der Waals surface area contributed by atoms with Crippen molar-refractivity contribution in [3.8, 4) is 5.75 Å². The quantitative estimate of drug-likeness (QED) is 0.589. The number of ether oxygens (including phenoxy) is 2. The Morgan fingerprint density at radius 1 is 1.21 bits per heavy atom. The molecule has 1 atom stereocenters. The lowest BCUT2D eigenvalue weighted by Gasteiger charge is -2.15. The minimum Gasteiger partial charge on any atom is -0.492 e. The lowest BCUT2D eigenvalue weighted by Crippen LogP contribution is -2.30. The fourth-order valence-corrected chi connectivity index (χ4v) is 2.91. The van der Waals surface area contributed by atoms with Gasteiger partial charge in [0.25, 0.3) is 5.91 Å². The zero-order chi connectivity index (χ0) is 20.3. The van der Waals surface area contributed by atoms with E-state index in [1.54, 1.807) is 49.4 Å². The predicted octanol–water partition coefficient (Wildman–Crippen LogP) is 4.98. The summed E-state index contributed by atoms with van der Waals surface area (Å²) >= 11 is 6.00. The van der Waals surface area contributed by atoms with Crippen LogP contribution in [-0.2, 0) is 9.53 Å². The monoisotopic (exact) mass is 401 g/mol. The molecular weight excluding hydrogens is 382 g/mol. The van der Waals surface area contributed by atoms with Gasteiger partial charge in [0.2, 0.25) is 5.76 Å². The van der Waals surface area contributed by atoms with Gasteiger partial charge in [-0.15, -0.1) is 0 Å². The number of rotatable bonds is 6. The van der Waals surface area contributed by atoms with E-state index >= 15 is 0 Å². The van der Waals surface area contributed by atoms with E-state index in [1.807, 2.05) is 6.92 Å². The summed E-state index contributed by atoms with van der Waals surface area (Å²) in [6, 6.07) is 12.1. The van der Waals surface area contributed by atoms with Gasteiger partial charge in [-0.1, -0.05) is 23.7 Å². The molecule has 1 aromatic heterocycles. The number of hydrogen-bond acceptors (Lipinski definition) is 5. The number of carbonyl (C=O) groups is 2. The van der Waals surface area contributed by atoms with Gasteiger partial charge in [-0.25, -0.2) is 4.79 Å². The van der Waals surface area contributed by atoms with Gasteiger partial charge in [0.05, 0.1) is 12.3 Å². The van der Waals surface area contributed by atoms with Crippen molar-refractivity contribution >= 4 is 40.1 Å². The first-order chi connectivity index (χ1) is 13.4. The number of hydrogen-bond donors (Lipinski definition) is 1. The third-order valence-electron chi connectivity index (χ3n) is 4.18. The highest BCUT2D eigenvalue weighted by atomic mass is 35.5. The summed E-state index contributed by atoms with van der Waals surface area (Å²) in [4.78, 5) is 24.9. The molecule has 1 amide bonds. The molecule has 0 aliphatic heterocycles. The van der Waals surface area contributed by atoms with E-state index in [1.165, 1.54) is 6.92 Å². The fourth-order valence-electron chi connectivity index (χ4n) is 2.74. The minimum atomic E-state index is -1.03. The SMILES string of the molecule is CCOc1ccccc1NC(=O)C(C)OC(=O)c1oc2ccc(Cl)cc2c1C. The van der Waals surface area contributed by atoms with Gasteiger partial charge in [-0.2, -0.15) is 0 Å². The lowest BCUT2D eigenvalue weighted by molar-refractivity contribution is -0.123. The van der Waals surface area contributed by atoms with E-state index in [0.29, 0.717) is 34.2 Å². The number of carbonyl (C=O) groups excluding carboxylic acids is 2. The number of fused-ring (bicyclic) bond motifs is 1. The van der Waals surface area contributed by atoms with Crippen LogP contribution in [0.25, 0.3) is 11.0 Å². The molecule has 28 heavy (non-hydrogen) atoms. The van der Waals surface area contributed by atoms with E-state index < -0.39 is 18.0 Å². The molecule has 0 fully saturated rings. The van der Waals surface area contributed by atoms with Gasteiger partial charge in [-0.05, 0) is 51.1 Å². The first-order valence-corrected chi connectivity index (χ1v) is 9.20. The molecule has 1 heterocycles. The molecule has 3 rings (SSSR count).